The molecule has 2 aromatic rings. The summed E-state index contributed by atoms with van der Waals surface area (Å²) >= 11 is 5.93. The summed E-state index contributed by atoms with van der Waals surface area (Å²) in [6, 6.07) is 12.2. The maximum absolute atomic E-state index is 13.5. The summed E-state index contributed by atoms with van der Waals surface area (Å²) in [5.74, 6) is -0.423. The third-order valence-electron chi connectivity index (χ3n) is 5.74. The molecule has 1 aliphatic carbocycles. The molecule has 1 saturated heterocycles. The van der Waals surface area contributed by atoms with Gasteiger partial charge in [-0.15, -0.1) is 0 Å². The summed E-state index contributed by atoms with van der Waals surface area (Å²) in [7, 11) is -3.96. The van der Waals surface area contributed by atoms with E-state index in [9.17, 15) is 18.0 Å². The average molecular weight is 476 g/mol. The van der Waals surface area contributed by atoms with Crippen LogP contribution in [0.15, 0.2) is 53.4 Å². The molecule has 0 bridgehead atoms. The average Bonchev–Trinajstić information content (AvgIpc) is 3.61. The standard InChI is InChI=1S/C23H26ClN3O4S/c24-18-8-12-20(13-9-18)32(30,31)27(21-3-1-2-14-25-23(21)29)15-16-4-6-17(7-5-16)22(28)26-19-10-11-19/h4-9,12-13,19,21H,1-3,10-11,14-15H2,(H,25,29)(H,26,28). The van der Waals surface area contributed by atoms with Gasteiger partial charge in [-0.3, -0.25) is 9.59 Å². The molecular weight excluding hydrogens is 450 g/mol. The van der Waals surface area contributed by atoms with Crippen molar-refractivity contribution in [2.24, 2.45) is 0 Å². The predicted molar refractivity (Wildman–Crippen MR) is 122 cm³/mol. The smallest absolute Gasteiger partial charge is 0.251 e. The largest absolute Gasteiger partial charge is 0.355 e. The van der Waals surface area contributed by atoms with Gasteiger partial charge in [0.1, 0.15) is 6.04 Å². The monoisotopic (exact) mass is 475 g/mol. The van der Waals surface area contributed by atoms with Crippen molar-refractivity contribution in [2.75, 3.05) is 6.54 Å². The van der Waals surface area contributed by atoms with Crippen LogP contribution in [0.5, 0.6) is 0 Å². The van der Waals surface area contributed by atoms with Gasteiger partial charge < -0.3 is 10.6 Å². The Morgan fingerprint density at radius 1 is 1.03 bits per heavy atom. The first-order valence-electron chi connectivity index (χ1n) is 10.8. The predicted octanol–water partition coefficient (Wildman–Crippen LogP) is 3.09. The van der Waals surface area contributed by atoms with Crippen LogP contribution in [0.2, 0.25) is 5.02 Å². The molecule has 7 nitrogen and oxygen atoms in total. The van der Waals surface area contributed by atoms with Gasteiger partial charge in [-0.1, -0.05) is 23.7 Å². The molecular formula is C23H26ClN3O4S. The zero-order valence-corrected chi connectivity index (χ0v) is 19.2. The first-order valence-corrected chi connectivity index (χ1v) is 12.6. The highest BCUT2D eigenvalue weighted by molar-refractivity contribution is 7.89. The van der Waals surface area contributed by atoms with Gasteiger partial charge in [-0.2, -0.15) is 4.31 Å². The fourth-order valence-electron chi connectivity index (χ4n) is 3.74. The van der Waals surface area contributed by atoms with Crippen molar-refractivity contribution in [3.8, 4) is 0 Å². The highest BCUT2D eigenvalue weighted by Gasteiger charge is 2.36. The van der Waals surface area contributed by atoms with E-state index in [2.05, 4.69) is 10.6 Å². The number of hydrogen-bond donors (Lipinski definition) is 2. The minimum absolute atomic E-state index is 0.0214. The molecule has 1 heterocycles. The van der Waals surface area contributed by atoms with E-state index in [4.69, 9.17) is 11.6 Å². The van der Waals surface area contributed by atoms with Gasteiger partial charge in [-0.25, -0.2) is 8.42 Å². The number of rotatable bonds is 7. The van der Waals surface area contributed by atoms with Gasteiger partial charge in [0.25, 0.3) is 5.91 Å². The highest BCUT2D eigenvalue weighted by Crippen LogP contribution is 2.26. The Hall–Kier alpha value is -2.42. The molecule has 170 valence electrons. The maximum Gasteiger partial charge on any atom is 0.251 e. The van der Waals surface area contributed by atoms with Gasteiger partial charge in [0.05, 0.1) is 4.90 Å². The quantitative estimate of drug-likeness (QED) is 0.643. The van der Waals surface area contributed by atoms with Crippen molar-refractivity contribution in [1.29, 1.82) is 0 Å². The molecule has 9 heteroatoms. The Morgan fingerprint density at radius 3 is 2.38 bits per heavy atom. The Balaban J connectivity index is 1.62. The van der Waals surface area contributed by atoms with E-state index in [0.29, 0.717) is 29.1 Å². The summed E-state index contributed by atoms with van der Waals surface area (Å²) in [4.78, 5) is 25.1. The Kier molecular flexibility index (Phi) is 6.83. The molecule has 1 aliphatic heterocycles. The van der Waals surface area contributed by atoms with Crippen LogP contribution >= 0.6 is 11.6 Å². The van der Waals surface area contributed by atoms with E-state index < -0.39 is 16.1 Å². The lowest BCUT2D eigenvalue weighted by atomic mass is 10.1. The minimum Gasteiger partial charge on any atom is -0.355 e. The van der Waals surface area contributed by atoms with Gasteiger partial charge in [-0.05, 0) is 74.1 Å². The summed E-state index contributed by atoms with van der Waals surface area (Å²) < 4.78 is 28.4. The van der Waals surface area contributed by atoms with Crippen LogP contribution in [0.3, 0.4) is 0 Å². The lowest BCUT2D eigenvalue weighted by Crippen LogP contribution is -2.48. The van der Waals surface area contributed by atoms with E-state index in [0.717, 1.165) is 25.7 Å². The fourth-order valence-corrected chi connectivity index (χ4v) is 5.47. The molecule has 1 atom stereocenters. The number of hydrogen-bond acceptors (Lipinski definition) is 4. The van der Waals surface area contributed by atoms with E-state index >= 15 is 0 Å². The second-order valence-corrected chi connectivity index (χ2v) is 10.6. The molecule has 0 spiro atoms. The third kappa shape index (κ3) is 5.31. The SMILES string of the molecule is O=C(NC1CC1)c1ccc(CN(C2CCCCNC2=O)S(=O)(=O)c2ccc(Cl)cc2)cc1. The van der Waals surface area contributed by atoms with Gasteiger partial charge in [0.2, 0.25) is 15.9 Å². The van der Waals surface area contributed by atoms with Crippen LogP contribution in [-0.4, -0.2) is 43.2 Å². The Morgan fingerprint density at radius 2 is 1.72 bits per heavy atom. The van der Waals surface area contributed by atoms with E-state index in [1.807, 2.05) is 0 Å². The third-order valence-corrected chi connectivity index (χ3v) is 7.86. The van der Waals surface area contributed by atoms with Crippen LogP contribution < -0.4 is 10.6 Å². The van der Waals surface area contributed by atoms with E-state index in [-0.39, 0.29) is 29.3 Å². The Bertz CT molecular complexity index is 1080. The van der Waals surface area contributed by atoms with Gasteiger partial charge >= 0.3 is 0 Å². The van der Waals surface area contributed by atoms with Gasteiger partial charge in [0.15, 0.2) is 0 Å². The lowest BCUT2D eigenvalue weighted by Gasteiger charge is -2.29. The number of halogens is 1. The first-order chi connectivity index (χ1) is 15.3. The summed E-state index contributed by atoms with van der Waals surface area (Å²) in [6.07, 6.45) is 4.01. The number of nitrogens with zero attached hydrogens (tertiary/aromatic N) is 1. The van der Waals surface area contributed by atoms with Crippen molar-refractivity contribution in [2.45, 2.75) is 55.6 Å². The number of carbonyl (C=O) groups excluding carboxylic acids is 2. The molecule has 2 fully saturated rings. The molecule has 0 aromatic heterocycles. The normalized spacial score (nSPS) is 19.3. The number of amides is 2. The second kappa shape index (κ2) is 9.60. The van der Waals surface area contributed by atoms with Crippen LogP contribution in [0.25, 0.3) is 0 Å². The van der Waals surface area contributed by atoms with Crippen LogP contribution in [0.4, 0.5) is 0 Å². The molecule has 0 radical (unpaired) electrons. The fraction of sp³-hybridized carbons (Fsp3) is 0.391. The lowest BCUT2D eigenvalue weighted by molar-refractivity contribution is -0.124. The number of sulfonamides is 1. The molecule has 2 aliphatic rings. The number of carbonyl (C=O) groups is 2. The molecule has 2 aromatic carbocycles. The molecule has 32 heavy (non-hydrogen) atoms. The van der Waals surface area contributed by atoms with Crippen LogP contribution in [0.1, 0.15) is 48.0 Å². The van der Waals surface area contributed by atoms with Gasteiger partial charge in [0, 0.05) is 29.7 Å². The van der Waals surface area contributed by atoms with Crippen molar-refractivity contribution in [1.82, 2.24) is 14.9 Å². The molecule has 1 unspecified atom stereocenters. The summed E-state index contributed by atoms with van der Waals surface area (Å²) in [5.41, 5.74) is 1.22. The van der Waals surface area contributed by atoms with Crippen molar-refractivity contribution in [3.05, 3.63) is 64.7 Å². The van der Waals surface area contributed by atoms with E-state index in [1.54, 1.807) is 24.3 Å². The van der Waals surface area contributed by atoms with Crippen molar-refractivity contribution in [3.63, 3.8) is 0 Å². The number of nitrogens with one attached hydrogen (secondary N) is 2. The molecule has 1 saturated carbocycles. The second-order valence-electron chi connectivity index (χ2n) is 8.25. The van der Waals surface area contributed by atoms with Crippen LogP contribution in [0, 0.1) is 0 Å². The maximum atomic E-state index is 13.5. The van der Waals surface area contributed by atoms with Crippen LogP contribution in [-0.2, 0) is 21.4 Å². The zero-order chi connectivity index (χ0) is 22.7. The molecule has 2 amide bonds. The minimum atomic E-state index is -3.96. The summed E-state index contributed by atoms with van der Waals surface area (Å²) in [5, 5.41) is 6.19. The summed E-state index contributed by atoms with van der Waals surface area (Å²) in [6.45, 7) is 0.558. The van der Waals surface area contributed by atoms with Crippen molar-refractivity contribution < 1.29 is 18.0 Å². The molecule has 4 rings (SSSR count). The highest BCUT2D eigenvalue weighted by atomic mass is 35.5. The van der Waals surface area contributed by atoms with Crippen molar-refractivity contribution >= 4 is 33.4 Å². The Labute approximate surface area is 193 Å². The topological polar surface area (TPSA) is 95.6 Å². The number of benzene rings is 2. The van der Waals surface area contributed by atoms with E-state index in [1.165, 1.54) is 28.6 Å². The zero-order valence-electron chi connectivity index (χ0n) is 17.6. The first kappa shape index (κ1) is 22.8. The molecule has 2 N–H and O–H groups in total.